The van der Waals surface area contributed by atoms with Crippen LogP contribution in [0.1, 0.15) is 53.3 Å². The number of benzene rings is 1. The molecule has 1 aromatic carbocycles. The van der Waals surface area contributed by atoms with Crippen LogP contribution in [0.25, 0.3) is 0 Å². The third-order valence-corrected chi connectivity index (χ3v) is 5.53. The number of rotatable bonds is 5. The van der Waals surface area contributed by atoms with Crippen LogP contribution in [0.3, 0.4) is 0 Å². The van der Waals surface area contributed by atoms with Gasteiger partial charge in [-0.05, 0) is 38.4 Å². The summed E-state index contributed by atoms with van der Waals surface area (Å²) in [7, 11) is 0. The van der Waals surface area contributed by atoms with E-state index >= 15 is 0 Å². The van der Waals surface area contributed by atoms with E-state index in [1.807, 2.05) is 0 Å². The summed E-state index contributed by atoms with van der Waals surface area (Å²) >= 11 is 0. The second-order valence-electron chi connectivity index (χ2n) is 7.53. The molecule has 1 atom stereocenters. The van der Waals surface area contributed by atoms with Crippen LogP contribution in [-0.2, 0) is 6.54 Å². The van der Waals surface area contributed by atoms with Crippen molar-refractivity contribution in [3.63, 3.8) is 0 Å². The maximum Gasteiger partial charge on any atom is 0.271 e. The quantitative estimate of drug-likeness (QED) is 0.882. The van der Waals surface area contributed by atoms with Gasteiger partial charge in [0.2, 0.25) is 5.88 Å². The van der Waals surface area contributed by atoms with Crippen LogP contribution < -0.4 is 10.1 Å². The first kappa shape index (κ1) is 18.0. The van der Waals surface area contributed by atoms with Gasteiger partial charge in [-0.25, -0.2) is 4.68 Å². The molecule has 2 aromatic rings. The van der Waals surface area contributed by atoms with Crippen molar-refractivity contribution < 1.29 is 9.53 Å². The van der Waals surface area contributed by atoms with E-state index in [0.29, 0.717) is 31.3 Å². The number of amides is 1. The minimum atomic E-state index is -0.132. The van der Waals surface area contributed by atoms with Crippen molar-refractivity contribution in [3.05, 3.63) is 47.2 Å². The first-order valence-electron chi connectivity index (χ1n) is 10.0. The van der Waals surface area contributed by atoms with Gasteiger partial charge >= 0.3 is 0 Å². The van der Waals surface area contributed by atoms with Crippen LogP contribution in [0.15, 0.2) is 30.3 Å². The molecular weight excluding hydrogens is 340 g/mol. The second kappa shape index (κ2) is 8.13. The predicted octanol–water partition coefficient (Wildman–Crippen LogP) is 2.93. The van der Waals surface area contributed by atoms with Crippen LogP contribution in [0.4, 0.5) is 0 Å². The van der Waals surface area contributed by atoms with Crippen LogP contribution in [0.2, 0.25) is 0 Å². The summed E-state index contributed by atoms with van der Waals surface area (Å²) in [6.07, 6.45) is 5.04. The summed E-state index contributed by atoms with van der Waals surface area (Å²) in [4.78, 5) is 15.2. The molecule has 1 aromatic heterocycles. The Hall–Kier alpha value is -2.34. The Morgan fingerprint density at radius 2 is 1.89 bits per heavy atom. The van der Waals surface area contributed by atoms with Crippen molar-refractivity contribution in [1.29, 1.82) is 0 Å². The van der Waals surface area contributed by atoms with Crippen molar-refractivity contribution in [2.24, 2.45) is 0 Å². The number of likely N-dealkylation sites (tertiary alicyclic amines) is 1. The molecule has 0 saturated carbocycles. The van der Waals surface area contributed by atoms with Crippen LogP contribution >= 0.6 is 0 Å². The highest BCUT2D eigenvalue weighted by atomic mass is 16.5. The Bertz CT molecular complexity index is 754. The molecule has 2 aliphatic rings. The van der Waals surface area contributed by atoms with E-state index in [4.69, 9.17) is 4.74 Å². The maximum absolute atomic E-state index is 12.6. The van der Waals surface area contributed by atoms with Crippen LogP contribution in [0, 0.1) is 6.92 Å². The van der Waals surface area contributed by atoms with Crippen molar-refractivity contribution >= 4 is 5.91 Å². The van der Waals surface area contributed by atoms with E-state index < -0.39 is 0 Å². The van der Waals surface area contributed by atoms with Gasteiger partial charge in [0.25, 0.3) is 5.91 Å². The normalized spacial score (nSPS) is 18.4. The van der Waals surface area contributed by atoms with E-state index in [1.54, 1.807) is 10.7 Å². The summed E-state index contributed by atoms with van der Waals surface area (Å²) in [5.41, 5.74) is 2.95. The minimum Gasteiger partial charge on any atom is -0.476 e. The minimum absolute atomic E-state index is 0.132. The molecule has 3 heterocycles. The van der Waals surface area contributed by atoms with Gasteiger partial charge in [0, 0.05) is 12.6 Å². The molecule has 4 rings (SSSR count). The van der Waals surface area contributed by atoms with Crippen LogP contribution in [0.5, 0.6) is 5.88 Å². The number of carbonyl (C=O) groups excluding carboxylic acids is 1. The monoisotopic (exact) mass is 368 g/mol. The third kappa shape index (κ3) is 4.16. The standard InChI is InChI=1S/C21H28N4O2/c1-16-6-8-17(9-7-16)19(24-10-4-2-3-5-11-24)15-22-21(26)18-14-20-25(23-18)12-13-27-20/h6-9,14,19H,2-5,10-13,15H2,1H3,(H,22,26). The number of aromatic nitrogens is 2. The lowest BCUT2D eigenvalue weighted by Crippen LogP contribution is -2.38. The highest BCUT2D eigenvalue weighted by molar-refractivity contribution is 5.92. The molecule has 144 valence electrons. The predicted molar refractivity (Wildman–Crippen MR) is 104 cm³/mol. The number of ether oxygens (including phenoxy) is 1. The number of hydrogen-bond donors (Lipinski definition) is 1. The van der Waals surface area contributed by atoms with Crippen molar-refractivity contribution in [3.8, 4) is 5.88 Å². The lowest BCUT2D eigenvalue weighted by atomic mass is 10.0. The smallest absolute Gasteiger partial charge is 0.271 e. The number of hydrogen-bond acceptors (Lipinski definition) is 4. The molecule has 1 saturated heterocycles. The first-order chi connectivity index (χ1) is 13.2. The zero-order valence-electron chi connectivity index (χ0n) is 16.0. The average molecular weight is 368 g/mol. The molecule has 0 spiro atoms. The van der Waals surface area contributed by atoms with Gasteiger partial charge < -0.3 is 10.1 Å². The van der Waals surface area contributed by atoms with Gasteiger partial charge in [0.15, 0.2) is 5.69 Å². The van der Waals surface area contributed by atoms with E-state index in [1.165, 1.54) is 36.8 Å². The largest absolute Gasteiger partial charge is 0.476 e. The zero-order chi connectivity index (χ0) is 18.6. The van der Waals surface area contributed by atoms with E-state index in [-0.39, 0.29) is 11.9 Å². The zero-order valence-corrected chi connectivity index (χ0v) is 16.0. The SMILES string of the molecule is Cc1ccc(C(CNC(=O)c2cc3n(n2)CCO3)N2CCCCCC2)cc1. The van der Waals surface area contributed by atoms with Gasteiger partial charge in [-0.1, -0.05) is 42.7 Å². The Kier molecular flexibility index (Phi) is 5.43. The fraction of sp³-hybridized carbons (Fsp3) is 0.524. The summed E-state index contributed by atoms with van der Waals surface area (Å²) in [6.45, 7) is 6.20. The molecule has 1 unspecified atom stereocenters. The second-order valence-corrected chi connectivity index (χ2v) is 7.53. The fourth-order valence-electron chi connectivity index (χ4n) is 3.96. The van der Waals surface area contributed by atoms with E-state index in [0.717, 1.165) is 13.1 Å². The van der Waals surface area contributed by atoms with Crippen molar-refractivity contribution in [1.82, 2.24) is 20.0 Å². The summed E-state index contributed by atoms with van der Waals surface area (Å²) in [6, 6.07) is 10.6. The first-order valence-corrected chi connectivity index (χ1v) is 10.0. The van der Waals surface area contributed by atoms with Crippen molar-refractivity contribution in [2.75, 3.05) is 26.2 Å². The lowest BCUT2D eigenvalue weighted by Gasteiger charge is -2.31. The average Bonchev–Trinajstić information content (AvgIpc) is 3.17. The molecule has 0 radical (unpaired) electrons. The molecule has 1 N–H and O–H groups in total. The Labute approximate surface area is 160 Å². The number of fused-ring (bicyclic) bond motifs is 1. The number of carbonyl (C=O) groups is 1. The molecule has 1 fully saturated rings. The van der Waals surface area contributed by atoms with Gasteiger partial charge in [-0.15, -0.1) is 0 Å². The number of nitrogens with one attached hydrogen (secondary N) is 1. The molecule has 2 aliphatic heterocycles. The fourth-order valence-corrected chi connectivity index (χ4v) is 3.96. The molecule has 0 bridgehead atoms. The van der Waals surface area contributed by atoms with Crippen molar-refractivity contribution in [2.45, 2.75) is 45.2 Å². The molecule has 6 heteroatoms. The highest BCUT2D eigenvalue weighted by Gasteiger charge is 2.24. The Morgan fingerprint density at radius 1 is 1.15 bits per heavy atom. The van der Waals surface area contributed by atoms with Gasteiger partial charge in [-0.2, -0.15) is 5.10 Å². The number of aryl methyl sites for hydroxylation is 1. The van der Waals surface area contributed by atoms with Gasteiger partial charge in [-0.3, -0.25) is 9.69 Å². The summed E-state index contributed by atoms with van der Waals surface area (Å²) in [5.74, 6) is 0.551. The van der Waals surface area contributed by atoms with E-state index in [2.05, 4.69) is 46.5 Å². The number of nitrogens with zero attached hydrogens (tertiary/aromatic N) is 3. The molecule has 27 heavy (non-hydrogen) atoms. The Balaban J connectivity index is 1.47. The molecular formula is C21H28N4O2. The van der Waals surface area contributed by atoms with E-state index in [9.17, 15) is 4.79 Å². The van der Waals surface area contributed by atoms with Gasteiger partial charge in [0.05, 0.1) is 12.6 Å². The highest BCUT2D eigenvalue weighted by Crippen LogP contribution is 2.25. The lowest BCUT2D eigenvalue weighted by molar-refractivity contribution is 0.0927. The van der Waals surface area contributed by atoms with Crippen LogP contribution in [-0.4, -0.2) is 46.8 Å². The maximum atomic E-state index is 12.6. The van der Waals surface area contributed by atoms with Gasteiger partial charge in [0.1, 0.15) is 6.61 Å². The summed E-state index contributed by atoms with van der Waals surface area (Å²) in [5, 5.41) is 7.45. The third-order valence-electron chi connectivity index (χ3n) is 5.53. The Morgan fingerprint density at radius 3 is 2.59 bits per heavy atom. The molecule has 1 amide bonds. The molecule has 6 nitrogen and oxygen atoms in total. The summed E-state index contributed by atoms with van der Waals surface area (Å²) < 4.78 is 7.21. The topological polar surface area (TPSA) is 59.4 Å². The molecule has 0 aliphatic carbocycles.